The van der Waals surface area contributed by atoms with Gasteiger partial charge in [0.2, 0.25) is 0 Å². The van der Waals surface area contributed by atoms with Crippen LogP contribution in [0.4, 0.5) is 16.2 Å². The maximum Gasteiger partial charge on any atom is 0.322 e. The molecule has 3 rings (SSSR count). The van der Waals surface area contributed by atoms with Gasteiger partial charge in [0.05, 0.1) is 25.4 Å². The highest BCUT2D eigenvalue weighted by atomic mass is 16.5. The van der Waals surface area contributed by atoms with Crippen LogP contribution in [0.2, 0.25) is 0 Å². The van der Waals surface area contributed by atoms with Gasteiger partial charge in [-0.1, -0.05) is 12.1 Å². The Hall–Kier alpha value is -2.89. The third kappa shape index (κ3) is 4.02. The molecule has 1 heterocycles. The first-order valence-corrected chi connectivity index (χ1v) is 8.79. The molecule has 2 aromatic carbocycles. The first-order chi connectivity index (χ1) is 12.6. The van der Waals surface area contributed by atoms with Crippen LogP contribution in [-0.4, -0.2) is 44.8 Å². The van der Waals surface area contributed by atoms with E-state index < -0.39 is 0 Å². The average molecular weight is 355 g/mol. The van der Waals surface area contributed by atoms with Crippen LogP contribution in [0.25, 0.3) is 0 Å². The molecule has 1 aliphatic rings. The summed E-state index contributed by atoms with van der Waals surface area (Å²) < 4.78 is 11.4. The van der Waals surface area contributed by atoms with E-state index in [0.29, 0.717) is 37.7 Å². The predicted molar refractivity (Wildman–Crippen MR) is 103 cm³/mol. The number of carbonyl (C=O) groups excluding carboxylic acids is 1. The number of hydrogen-bond donors (Lipinski definition) is 1. The fraction of sp³-hybridized carbons (Fsp3) is 0.350. The fourth-order valence-corrected chi connectivity index (χ4v) is 2.88. The van der Waals surface area contributed by atoms with Crippen LogP contribution < -0.4 is 19.7 Å². The molecule has 0 aromatic heterocycles. The highest BCUT2D eigenvalue weighted by molar-refractivity contribution is 5.91. The molecule has 6 nitrogen and oxygen atoms in total. The van der Waals surface area contributed by atoms with Gasteiger partial charge in [-0.2, -0.15) is 0 Å². The van der Waals surface area contributed by atoms with E-state index in [1.807, 2.05) is 62.3 Å². The van der Waals surface area contributed by atoms with E-state index in [4.69, 9.17) is 9.47 Å². The number of benzene rings is 2. The summed E-state index contributed by atoms with van der Waals surface area (Å²) >= 11 is 0. The largest absolute Gasteiger partial charge is 0.492 e. The second kappa shape index (κ2) is 7.99. The third-order valence-electron chi connectivity index (χ3n) is 4.26. The first-order valence-electron chi connectivity index (χ1n) is 8.79. The zero-order chi connectivity index (χ0) is 18.5. The molecule has 0 saturated heterocycles. The molecule has 2 amide bonds. The molecule has 6 heteroatoms. The van der Waals surface area contributed by atoms with E-state index in [0.717, 1.165) is 17.0 Å². The Bertz CT molecular complexity index is 777. The van der Waals surface area contributed by atoms with Crippen molar-refractivity contribution in [1.29, 1.82) is 0 Å². The van der Waals surface area contributed by atoms with Crippen LogP contribution in [0, 0.1) is 0 Å². The Balaban J connectivity index is 1.77. The van der Waals surface area contributed by atoms with Crippen molar-refractivity contribution in [2.24, 2.45) is 0 Å². The summed E-state index contributed by atoms with van der Waals surface area (Å²) in [6.07, 6.45) is 0. The minimum atomic E-state index is -0.163. The zero-order valence-electron chi connectivity index (χ0n) is 15.5. The van der Waals surface area contributed by atoms with E-state index in [2.05, 4.69) is 11.4 Å². The summed E-state index contributed by atoms with van der Waals surface area (Å²) in [5, 5.41) is 2.96. The number of carbonyl (C=O) groups is 1. The van der Waals surface area contributed by atoms with E-state index in [1.165, 1.54) is 0 Å². The molecule has 0 spiro atoms. The minimum Gasteiger partial charge on any atom is -0.492 e. The van der Waals surface area contributed by atoms with Crippen molar-refractivity contribution in [3.05, 3.63) is 48.0 Å². The molecular formula is C20H25N3O3. The van der Waals surface area contributed by atoms with Gasteiger partial charge in [0, 0.05) is 25.3 Å². The van der Waals surface area contributed by atoms with Crippen LogP contribution in [0.3, 0.4) is 0 Å². The van der Waals surface area contributed by atoms with Gasteiger partial charge in [0.25, 0.3) is 0 Å². The van der Waals surface area contributed by atoms with Gasteiger partial charge in [-0.25, -0.2) is 4.79 Å². The lowest BCUT2D eigenvalue weighted by molar-refractivity contribution is 0.200. The van der Waals surface area contributed by atoms with Gasteiger partial charge in [0.15, 0.2) is 0 Å². The SMILES string of the molecule is CCOc1ccccc1NC(=O)N1CCOc2ccc(N(C)C)cc2C1. The minimum absolute atomic E-state index is 0.163. The molecule has 26 heavy (non-hydrogen) atoms. The number of urea groups is 1. The van der Waals surface area contributed by atoms with Crippen LogP contribution in [-0.2, 0) is 6.54 Å². The predicted octanol–water partition coefficient (Wildman–Crippen LogP) is 3.58. The van der Waals surface area contributed by atoms with Gasteiger partial charge >= 0.3 is 6.03 Å². The molecule has 0 saturated carbocycles. The van der Waals surface area contributed by atoms with Gasteiger partial charge < -0.3 is 24.6 Å². The Morgan fingerprint density at radius 2 is 2.08 bits per heavy atom. The van der Waals surface area contributed by atoms with Crippen LogP contribution in [0.15, 0.2) is 42.5 Å². The van der Waals surface area contributed by atoms with E-state index in [1.54, 1.807) is 4.90 Å². The van der Waals surface area contributed by atoms with Crippen LogP contribution in [0.5, 0.6) is 11.5 Å². The lowest BCUT2D eigenvalue weighted by atomic mass is 10.1. The van der Waals surface area contributed by atoms with Crippen LogP contribution in [0.1, 0.15) is 12.5 Å². The summed E-state index contributed by atoms with van der Waals surface area (Å²) in [6.45, 7) is 3.96. The second-order valence-electron chi connectivity index (χ2n) is 6.32. The second-order valence-corrected chi connectivity index (χ2v) is 6.32. The molecule has 0 unspecified atom stereocenters. The Morgan fingerprint density at radius 3 is 2.85 bits per heavy atom. The highest BCUT2D eigenvalue weighted by Gasteiger charge is 2.21. The summed E-state index contributed by atoms with van der Waals surface area (Å²) in [6, 6.07) is 13.3. The number of fused-ring (bicyclic) bond motifs is 1. The van der Waals surface area contributed by atoms with Crippen molar-refractivity contribution in [3.8, 4) is 11.5 Å². The van der Waals surface area contributed by atoms with Gasteiger partial charge in [-0.05, 0) is 37.3 Å². The summed E-state index contributed by atoms with van der Waals surface area (Å²) in [5.74, 6) is 1.50. The van der Waals surface area contributed by atoms with Gasteiger partial charge in [-0.3, -0.25) is 0 Å². The number of nitrogens with one attached hydrogen (secondary N) is 1. The Labute approximate surface area is 154 Å². The molecule has 2 aromatic rings. The van der Waals surface area contributed by atoms with Crippen molar-refractivity contribution in [3.63, 3.8) is 0 Å². The molecule has 138 valence electrons. The molecule has 0 fully saturated rings. The summed E-state index contributed by atoms with van der Waals surface area (Å²) in [7, 11) is 3.99. The van der Waals surface area contributed by atoms with E-state index in [9.17, 15) is 4.79 Å². The Morgan fingerprint density at radius 1 is 1.27 bits per heavy atom. The molecular weight excluding hydrogens is 330 g/mol. The standard InChI is InChI=1S/C20H25N3O3/c1-4-25-19-8-6-5-7-17(19)21-20(24)23-11-12-26-18-10-9-16(22(2)3)13-15(18)14-23/h5-10,13H,4,11-12,14H2,1-3H3,(H,21,24). The number of nitrogens with zero attached hydrogens (tertiary/aromatic N) is 2. The van der Waals surface area contributed by atoms with Crippen molar-refractivity contribution in [1.82, 2.24) is 4.90 Å². The monoisotopic (exact) mass is 355 g/mol. The number of amides is 2. The zero-order valence-corrected chi connectivity index (χ0v) is 15.5. The molecule has 0 radical (unpaired) electrons. The lowest BCUT2D eigenvalue weighted by Gasteiger charge is -2.22. The van der Waals surface area contributed by atoms with Gasteiger partial charge in [-0.15, -0.1) is 0 Å². The number of hydrogen-bond acceptors (Lipinski definition) is 4. The van der Waals surface area contributed by atoms with Crippen molar-refractivity contribution in [2.75, 3.05) is 44.1 Å². The van der Waals surface area contributed by atoms with E-state index >= 15 is 0 Å². The van der Waals surface area contributed by atoms with Crippen molar-refractivity contribution < 1.29 is 14.3 Å². The molecule has 1 N–H and O–H groups in total. The summed E-state index contributed by atoms with van der Waals surface area (Å²) in [4.78, 5) is 16.6. The maximum atomic E-state index is 12.8. The summed E-state index contributed by atoms with van der Waals surface area (Å²) in [5.41, 5.74) is 2.75. The molecule has 0 aliphatic carbocycles. The number of anilines is 2. The maximum absolute atomic E-state index is 12.8. The topological polar surface area (TPSA) is 54.0 Å². The number of ether oxygens (including phenoxy) is 2. The van der Waals surface area contributed by atoms with Crippen LogP contribution >= 0.6 is 0 Å². The average Bonchev–Trinajstić information content (AvgIpc) is 2.85. The lowest BCUT2D eigenvalue weighted by Crippen LogP contribution is -2.36. The van der Waals surface area contributed by atoms with Crippen molar-refractivity contribution >= 4 is 17.4 Å². The van der Waals surface area contributed by atoms with Crippen molar-refractivity contribution in [2.45, 2.75) is 13.5 Å². The molecule has 0 bridgehead atoms. The number of rotatable bonds is 4. The first kappa shape index (κ1) is 17.9. The third-order valence-corrected chi connectivity index (χ3v) is 4.26. The smallest absolute Gasteiger partial charge is 0.322 e. The highest BCUT2D eigenvalue weighted by Crippen LogP contribution is 2.28. The normalized spacial score (nSPS) is 13.3. The fourth-order valence-electron chi connectivity index (χ4n) is 2.88. The molecule has 0 atom stereocenters. The molecule has 1 aliphatic heterocycles. The van der Waals surface area contributed by atoms with E-state index in [-0.39, 0.29) is 6.03 Å². The number of para-hydroxylation sites is 2. The quantitative estimate of drug-likeness (QED) is 0.911. The Kier molecular flexibility index (Phi) is 5.51. The van der Waals surface area contributed by atoms with Gasteiger partial charge in [0.1, 0.15) is 18.1 Å².